The Morgan fingerprint density at radius 3 is 2.85 bits per heavy atom. The van der Waals surface area contributed by atoms with E-state index in [4.69, 9.17) is 4.74 Å². The van der Waals surface area contributed by atoms with Gasteiger partial charge in [0.1, 0.15) is 11.9 Å². The van der Waals surface area contributed by atoms with Crippen molar-refractivity contribution in [3.05, 3.63) is 66.4 Å². The molecule has 0 aliphatic carbocycles. The molecule has 1 aliphatic heterocycles. The number of piperidine rings is 1. The summed E-state index contributed by atoms with van der Waals surface area (Å²) < 4.78 is 20.7. The zero-order valence-electron chi connectivity index (χ0n) is 19.4. The maximum absolute atomic E-state index is 15.4. The number of alkyl halides is 1. The number of methoxy groups -OCH3 is 1. The number of fused-ring (bicyclic) bond motifs is 1. The molecule has 0 unspecified atom stereocenters. The second kappa shape index (κ2) is 11.7. The van der Waals surface area contributed by atoms with Crippen molar-refractivity contribution in [1.29, 1.82) is 0 Å². The lowest BCUT2D eigenvalue weighted by Gasteiger charge is -2.36. The number of halogens is 1. The first-order chi connectivity index (χ1) is 16.5. The molecule has 7 heteroatoms. The molecule has 2 aromatic carbocycles. The van der Waals surface area contributed by atoms with Gasteiger partial charge in [0, 0.05) is 35.3 Å². The van der Waals surface area contributed by atoms with Gasteiger partial charge < -0.3 is 14.7 Å². The molecule has 1 saturated heterocycles. The molecule has 0 amide bonds. The van der Waals surface area contributed by atoms with Crippen LogP contribution < -0.4 is 4.74 Å². The van der Waals surface area contributed by atoms with Gasteiger partial charge in [-0.3, -0.25) is 9.78 Å². The van der Waals surface area contributed by atoms with Crippen LogP contribution in [0.2, 0.25) is 0 Å². The standard InChI is InChI=1S/C27H31FN2O3S/c1-33-20-8-10-26-23(17-20)22(11-13-29-26)25(28)9-7-19-12-14-30(18-24(19)27(31)32)15-16-34-21-5-3-2-4-6-21/h2-6,8,10-11,13,17,19,24-25H,7,9,12,14-16,18H2,1H3,(H,31,32)/t19-,24+,25-/m1/s1. The molecule has 1 fully saturated rings. The summed E-state index contributed by atoms with van der Waals surface area (Å²) >= 11 is 1.79. The third-order valence-electron chi connectivity index (χ3n) is 6.69. The molecule has 3 atom stereocenters. The average Bonchev–Trinajstić information content (AvgIpc) is 2.87. The first-order valence-corrected chi connectivity index (χ1v) is 12.7. The Morgan fingerprint density at radius 2 is 2.09 bits per heavy atom. The van der Waals surface area contributed by atoms with E-state index in [-0.39, 0.29) is 5.92 Å². The Morgan fingerprint density at radius 1 is 1.26 bits per heavy atom. The second-order valence-corrected chi connectivity index (χ2v) is 9.95. The lowest BCUT2D eigenvalue weighted by atomic mass is 9.81. The van der Waals surface area contributed by atoms with Crippen LogP contribution in [0.15, 0.2) is 65.7 Å². The molecule has 1 aliphatic rings. The Kier molecular flexibility index (Phi) is 8.40. The summed E-state index contributed by atoms with van der Waals surface area (Å²) in [4.78, 5) is 19.8. The van der Waals surface area contributed by atoms with Crippen LogP contribution in [0.5, 0.6) is 5.75 Å². The summed E-state index contributed by atoms with van der Waals surface area (Å²) in [7, 11) is 1.59. The molecular weight excluding hydrogens is 451 g/mol. The summed E-state index contributed by atoms with van der Waals surface area (Å²) in [5.74, 6) is 0.331. The summed E-state index contributed by atoms with van der Waals surface area (Å²) in [6.45, 7) is 2.24. The van der Waals surface area contributed by atoms with Crippen LogP contribution in [-0.4, -0.2) is 53.5 Å². The highest BCUT2D eigenvalue weighted by atomic mass is 32.2. The number of carboxylic acids is 1. The third-order valence-corrected chi connectivity index (χ3v) is 7.68. The van der Waals surface area contributed by atoms with Gasteiger partial charge in [-0.15, -0.1) is 11.8 Å². The molecule has 180 valence electrons. The fraction of sp³-hybridized carbons (Fsp3) is 0.407. The molecule has 0 spiro atoms. The number of likely N-dealkylation sites (tertiary alicyclic amines) is 1. The second-order valence-electron chi connectivity index (χ2n) is 8.78. The Bertz CT molecular complexity index is 1100. The number of aliphatic carboxylic acids is 1. The lowest BCUT2D eigenvalue weighted by Crippen LogP contribution is -2.44. The normalized spacial score (nSPS) is 19.7. The van der Waals surface area contributed by atoms with E-state index in [1.165, 1.54) is 4.90 Å². The number of ether oxygens (including phenoxy) is 1. The zero-order valence-corrected chi connectivity index (χ0v) is 20.2. The van der Waals surface area contributed by atoms with Crippen molar-refractivity contribution < 1.29 is 19.0 Å². The van der Waals surface area contributed by atoms with Crippen LogP contribution in [0.25, 0.3) is 10.9 Å². The smallest absolute Gasteiger partial charge is 0.308 e. The topological polar surface area (TPSA) is 62.7 Å². The van der Waals surface area contributed by atoms with Crippen LogP contribution >= 0.6 is 11.8 Å². The number of carbonyl (C=O) groups is 1. The van der Waals surface area contributed by atoms with Gasteiger partial charge in [0.25, 0.3) is 0 Å². The molecule has 1 aromatic heterocycles. The predicted molar refractivity (Wildman–Crippen MR) is 134 cm³/mol. The van der Waals surface area contributed by atoms with E-state index >= 15 is 4.39 Å². The molecule has 0 bridgehead atoms. The highest BCUT2D eigenvalue weighted by Crippen LogP contribution is 2.35. The fourth-order valence-corrected chi connectivity index (χ4v) is 5.70. The van der Waals surface area contributed by atoms with Gasteiger partial charge >= 0.3 is 5.97 Å². The van der Waals surface area contributed by atoms with E-state index in [2.05, 4.69) is 22.0 Å². The van der Waals surface area contributed by atoms with Crippen molar-refractivity contribution in [3.8, 4) is 5.75 Å². The van der Waals surface area contributed by atoms with Gasteiger partial charge in [0.2, 0.25) is 0 Å². The number of pyridine rings is 1. The highest BCUT2D eigenvalue weighted by molar-refractivity contribution is 7.99. The van der Waals surface area contributed by atoms with Crippen LogP contribution in [0, 0.1) is 11.8 Å². The minimum absolute atomic E-state index is 0.0172. The lowest BCUT2D eigenvalue weighted by molar-refractivity contribution is -0.146. The number of benzene rings is 2. The monoisotopic (exact) mass is 482 g/mol. The highest BCUT2D eigenvalue weighted by Gasteiger charge is 2.34. The van der Waals surface area contributed by atoms with Crippen molar-refractivity contribution in [2.24, 2.45) is 11.8 Å². The first-order valence-electron chi connectivity index (χ1n) is 11.7. The molecular formula is C27H31FN2O3S. The summed E-state index contributed by atoms with van der Waals surface area (Å²) in [6.07, 6.45) is 2.09. The van der Waals surface area contributed by atoms with Crippen LogP contribution in [0.1, 0.15) is 31.0 Å². The SMILES string of the molecule is COc1ccc2nccc([C@H](F)CC[C@@H]3CCN(CCSc4ccccc4)C[C@@H]3C(=O)O)c2c1. The molecule has 0 radical (unpaired) electrons. The minimum Gasteiger partial charge on any atom is -0.497 e. The summed E-state index contributed by atoms with van der Waals surface area (Å²) in [5, 5.41) is 10.6. The summed E-state index contributed by atoms with van der Waals surface area (Å²) in [5.41, 5.74) is 1.32. The van der Waals surface area contributed by atoms with E-state index in [9.17, 15) is 9.90 Å². The van der Waals surface area contributed by atoms with E-state index in [0.717, 1.165) is 36.2 Å². The minimum atomic E-state index is -1.17. The van der Waals surface area contributed by atoms with Gasteiger partial charge in [-0.05, 0) is 73.7 Å². The quantitative estimate of drug-likeness (QED) is 0.366. The van der Waals surface area contributed by atoms with E-state index in [1.807, 2.05) is 36.4 Å². The summed E-state index contributed by atoms with van der Waals surface area (Å²) in [6, 6.07) is 17.4. The fourth-order valence-electron chi connectivity index (χ4n) is 4.77. The van der Waals surface area contributed by atoms with E-state index in [0.29, 0.717) is 30.7 Å². The molecule has 1 N–H and O–H groups in total. The molecule has 4 rings (SSSR count). The molecule has 34 heavy (non-hydrogen) atoms. The Labute approximate surface area is 204 Å². The molecule has 2 heterocycles. The van der Waals surface area contributed by atoms with Crippen LogP contribution in [0.4, 0.5) is 4.39 Å². The first kappa shape index (κ1) is 24.5. The Hall–Kier alpha value is -2.64. The maximum atomic E-state index is 15.4. The van der Waals surface area contributed by atoms with Gasteiger partial charge in [-0.1, -0.05) is 18.2 Å². The average molecular weight is 483 g/mol. The number of hydrogen-bond donors (Lipinski definition) is 1. The van der Waals surface area contributed by atoms with Crippen molar-refractivity contribution in [3.63, 3.8) is 0 Å². The largest absolute Gasteiger partial charge is 0.497 e. The zero-order chi connectivity index (χ0) is 23.9. The number of carboxylic acid groups (broad SMARTS) is 1. The molecule has 0 saturated carbocycles. The van der Waals surface area contributed by atoms with Crippen LogP contribution in [0.3, 0.4) is 0 Å². The molecule has 3 aromatic rings. The van der Waals surface area contributed by atoms with Gasteiger partial charge in [0.05, 0.1) is 18.5 Å². The van der Waals surface area contributed by atoms with Crippen molar-refractivity contribution in [1.82, 2.24) is 9.88 Å². The molecule has 5 nitrogen and oxygen atoms in total. The van der Waals surface area contributed by atoms with E-state index in [1.54, 1.807) is 31.1 Å². The van der Waals surface area contributed by atoms with Gasteiger partial charge in [0.15, 0.2) is 0 Å². The van der Waals surface area contributed by atoms with Crippen molar-refractivity contribution >= 4 is 28.6 Å². The third kappa shape index (κ3) is 6.07. The van der Waals surface area contributed by atoms with Crippen molar-refractivity contribution in [2.45, 2.75) is 30.3 Å². The van der Waals surface area contributed by atoms with Crippen molar-refractivity contribution in [2.75, 3.05) is 32.5 Å². The Balaban J connectivity index is 1.34. The number of rotatable bonds is 10. The number of hydrogen-bond acceptors (Lipinski definition) is 5. The van der Waals surface area contributed by atoms with Gasteiger partial charge in [-0.2, -0.15) is 0 Å². The number of thioether (sulfide) groups is 1. The maximum Gasteiger partial charge on any atom is 0.308 e. The van der Waals surface area contributed by atoms with E-state index < -0.39 is 18.1 Å². The van der Waals surface area contributed by atoms with Gasteiger partial charge in [-0.25, -0.2) is 4.39 Å². The number of nitrogens with zero attached hydrogens (tertiary/aromatic N) is 2. The number of aromatic nitrogens is 1. The predicted octanol–water partition coefficient (Wildman–Crippen LogP) is 5.85. The van der Waals surface area contributed by atoms with Crippen LogP contribution in [-0.2, 0) is 4.79 Å².